The molecule has 0 radical (unpaired) electrons. The molecule has 2 aliphatic rings. The van der Waals surface area contributed by atoms with Crippen molar-refractivity contribution < 1.29 is 0 Å². The minimum atomic E-state index is -0.216. The lowest BCUT2D eigenvalue weighted by Gasteiger charge is -2.41. The van der Waals surface area contributed by atoms with Crippen molar-refractivity contribution in [2.45, 2.75) is 0 Å². The maximum absolute atomic E-state index is 7.34. The molecule has 3 nitrogen and oxygen atoms in total. The van der Waals surface area contributed by atoms with Gasteiger partial charge in [-0.2, -0.15) is 0 Å². The molecule has 342 valence electrons. The Morgan fingerprint density at radius 2 is 0.851 bits per heavy atom. The predicted molar refractivity (Wildman–Crippen MR) is 316 cm³/mol. The molecule has 0 fully saturated rings. The van der Waals surface area contributed by atoms with E-state index >= 15 is 0 Å². The summed E-state index contributed by atoms with van der Waals surface area (Å²) in [7, 11) is 0. The van der Waals surface area contributed by atoms with Crippen LogP contribution in [-0.4, -0.2) is 11.3 Å². The van der Waals surface area contributed by atoms with Crippen LogP contribution in [0, 0.1) is 0 Å². The fraction of sp³-hybridized carbons (Fsp3) is 0. The van der Waals surface area contributed by atoms with Crippen LogP contribution < -0.4 is 21.6 Å². The first-order chi connectivity index (χ1) is 36.6. The number of anilines is 4. The van der Waals surface area contributed by atoms with Crippen LogP contribution in [0.3, 0.4) is 0 Å². The normalized spacial score (nSPS) is 12.6. The molecule has 0 bridgehead atoms. The molecule has 74 heavy (non-hydrogen) atoms. The molecule has 0 saturated heterocycles. The van der Waals surface area contributed by atoms with Gasteiger partial charge >= 0.3 is 6.85 Å². The summed E-state index contributed by atoms with van der Waals surface area (Å²) < 4.78 is 2.71. The molecule has 3 heterocycles. The zero-order valence-electron chi connectivity index (χ0n) is 40.3. The van der Waals surface area contributed by atoms with Gasteiger partial charge in [0, 0.05) is 50.1 Å². The minimum Gasteiger partial charge on any atom is -0.399 e. The number of hydrogen-bond acceptors (Lipinski definition) is 2. The van der Waals surface area contributed by atoms with Gasteiger partial charge in [0.25, 0.3) is 0 Å². The SMILES string of the molecule is Nc1cc2c3c(c1)N(c1cc(-c4ccccc4)cc(-c4ccccc4)c1)c1cc4c(-c5ccccc5)c5ccccc5c(-c5ccccc5)c4cc1B3n1c3ccc4ccccc4c3c3c4ccccc4cc-2c31. The van der Waals surface area contributed by atoms with Crippen molar-refractivity contribution in [3.8, 4) is 55.6 Å². The molecule has 4 heteroatoms. The van der Waals surface area contributed by atoms with E-state index in [-0.39, 0.29) is 6.85 Å². The van der Waals surface area contributed by atoms with Crippen molar-refractivity contribution in [3.05, 3.63) is 255 Å². The Hall–Kier alpha value is -9.64. The summed E-state index contributed by atoms with van der Waals surface area (Å²) in [5.74, 6) is 0. The molecule has 0 amide bonds. The topological polar surface area (TPSA) is 34.2 Å². The van der Waals surface area contributed by atoms with Crippen LogP contribution in [0.4, 0.5) is 22.7 Å². The number of benzene rings is 13. The molecule has 16 rings (SSSR count). The predicted octanol–water partition coefficient (Wildman–Crippen LogP) is 17.1. The fourth-order valence-electron chi connectivity index (χ4n) is 13.2. The van der Waals surface area contributed by atoms with Crippen LogP contribution in [0.1, 0.15) is 0 Å². The van der Waals surface area contributed by atoms with Crippen LogP contribution in [0.5, 0.6) is 0 Å². The van der Waals surface area contributed by atoms with Crippen LogP contribution in [0.2, 0.25) is 0 Å². The molecule has 0 unspecified atom stereocenters. The Bertz CT molecular complexity index is 4600. The molecule has 2 N–H and O–H groups in total. The summed E-state index contributed by atoms with van der Waals surface area (Å²) in [5, 5.41) is 12.4. The lowest BCUT2D eigenvalue weighted by atomic mass is 9.45. The van der Waals surface area contributed by atoms with E-state index in [9.17, 15) is 0 Å². The number of rotatable bonds is 5. The monoisotopic (exact) mass is 937 g/mol. The van der Waals surface area contributed by atoms with E-state index < -0.39 is 0 Å². The van der Waals surface area contributed by atoms with E-state index in [0.29, 0.717) is 0 Å². The third-order valence-electron chi connectivity index (χ3n) is 16.1. The summed E-state index contributed by atoms with van der Waals surface area (Å²) >= 11 is 0. The lowest BCUT2D eigenvalue weighted by Crippen LogP contribution is -2.56. The zero-order chi connectivity index (χ0) is 48.6. The second-order valence-corrected chi connectivity index (χ2v) is 20.1. The smallest absolute Gasteiger partial charge is 0.333 e. The Labute approximate surface area is 428 Å². The second-order valence-electron chi connectivity index (χ2n) is 20.1. The first-order valence-corrected chi connectivity index (χ1v) is 25.6. The van der Waals surface area contributed by atoms with Gasteiger partial charge < -0.3 is 15.1 Å². The summed E-state index contributed by atoms with van der Waals surface area (Å²) in [5.41, 5.74) is 28.1. The highest BCUT2D eigenvalue weighted by Gasteiger charge is 2.44. The number of nitrogens with two attached hydrogens (primary N) is 1. The number of fused-ring (bicyclic) bond motifs is 13. The maximum Gasteiger partial charge on any atom is 0.333 e. The summed E-state index contributed by atoms with van der Waals surface area (Å²) in [4.78, 5) is 2.55. The summed E-state index contributed by atoms with van der Waals surface area (Å²) in [6.07, 6.45) is 0. The molecular weight excluding hydrogens is 894 g/mol. The van der Waals surface area contributed by atoms with Gasteiger partial charge in [0.15, 0.2) is 0 Å². The minimum absolute atomic E-state index is 0.216. The van der Waals surface area contributed by atoms with Gasteiger partial charge in [-0.1, -0.05) is 206 Å². The van der Waals surface area contributed by atoms with Gasteiger partial charge in [-0.05, 0) is 153 Å². The first-order valence-electron chi connectivity index (χ1n) is 25.6. The standard InChI is InChI=1S/C70H44BN3/c72-51-39-59-60-38-48-28-14-16-30-54(48)68-67-53-29-15-13-23-45(53)33-34-62(67)74(70(60)68)71-61-41-57-58(66(47-26-11-4-12-27-47)56-32-18-17-31-55(56)65(57)46-24-9-3-10-25-46)42-63(61)73(64(40-51)69(59)71)52-36-49(43-19-5-1-6-20-43)35-50(37-52)44-21-7-2-8-22-44/h1-42H,72H2. The highest BCUT2D eigenvalue weighted by molar-refractivity contribution is 6.90. The molecule has 0 atom stereocenters. The van der Waals surface area contributed by atoms with Crippen LogP contribution in [0.25, 0.3) is 121 Å². The van der Waals surface area contributed by atoms with E-state index in [1.165, 1.54) is 109 Å². The number of nitrogens with zero attached hydrogens (tertiary/aromatic N) is 2. The fourth-order valence-corrected chi connectivity index (χ4v) is 13.2. The van der Waals surface area contributed by atoms with Crippen molar-refractivity contribution >= 4 is 105 Å². The van der Waals surface area contributed by atoms with Crippen molar-refractivity contribution in [1.82, 2.24) is 4.48 Å². The molecule has 1 aromatic heterocycles. The van der Waals surface area contributed by atoms with E-state index in [0.717, 1.165) is 45.0 Å². The Kier molecular flexibility index (Phi) is 8.69. The highest BCUT2D eigenvalue weighted by atomic mass is 15.2. The van der Waals surface area contributed by atoms with E-state index in [4.69, 9.17) is 5.73 Å². The third-order valence-corrected chi connectivity index (χ3v) is 16.1. The third kappa shape index (κ3) is 5.85. The van der Waals surface area contributed by atoms with Crippen LogP contribution >= 0.6 is 0 Å². The Morgan fingerprint density at radius 3 is 1.46 bits per heavy atom. The average molecular weight is 938 g/mol. The zero-order valence-corrected chi connectivity index (χ0v) is 40.3. The summed E-state index contributed by atoms with van der Waals surface area (Å²) in [6, 6.07) is 94.4. The van der Waals surface area contributed by atoms with Gasteiger partial charge in [0.1, 0.15) is 0 Å². The average Bonchev–Trinajstić information content (AvgIpc) is 3.84. The van der Waals surface area contributed by atoms with Gasteiger partial charge in [-0.15, -0.1) is 0 Å². The van der Waals surface area contributed by atoms with Gasteiger partial charge in [0.05, 0.1) is 0 Å². The largest absolute Gasteiger partial charge is 0.399 e. The highest BCUT2D eigenvalue weighted by Crippen LogP contribution is 2.52. The molecular formula is C70H44BN3. The molecule has 0 saturated carbocycles. The van der Waals surface area contributed by atoms with Crippen molar-refractivity contribution in [1.29, 1.82) is 0 Å². The number of aromatic nitrogens is 1. The van der Waals surface area contributed by atoms with Gasteiger partial charge in [0.2, 0.25) is 0 Å². The molecule has 13 aromatic carbocycles. The van der Waals surface area contributed by atoms with Gasteiger partial charge in [-0.25, -0.2) is 0 Å². The summed E-state index contributed by atoms with van der Waals surface area (Å²) in [6.45, 7) is -0.216. The van der Waals surface area contributed by atoms with E-state index in [2.05, 4.69) is 264 Å². The quantitative estimate of drug-likeness (QED) is 0.106. The van der Waals surface area contributed by atoms with E-state index in [1.54, 1.807) is 0 Å². The van der Waals surface area contributed by atoms with Crippen LogP contribution in [-0.2, 0) is 0 Å². The van der Waals surface area contributed by atoms with Crippen molar-refractivity contribution in [2.75, 3.05) is 10.6 Å². The van der Waals surface area contributed by atoms with Crippen LogP contribution in [0.15, 0.2) is 255 Å². The maximum atomic E-state index is 7.34. The number of hydrogen-bond donors (Lipinski definition) is 1. The number of nitrogen functional groups attached to an aromatic ring is 1. The Balaban J connectivity index is 1.12. The molecule has 2 aliphatic heterocycles. The molecule has 14 aromatic rings. The Morgan fingerprint density at radius 1 is 0.338 bits per heavy atom. The molecule has 0 spiro atoms. The first kappa shape index (κ1) is 41.0. The van der Waals surface area contributed by atoms with E-state index in [1.807, 2.05) is 0 Å². The molecule has 0 aliphatic carbocycles. The lowest BCUT2D eigenvalue weighted by molar-refractivity contribution is 1.26. The van der Waals surface area contributed by atoms with Gasteiger partial charge in [-0.3, -0.25) is 0 Å². The van der Waals surface area contributed by atoms with Crippen molar-refractivity contribution in [2.24, 2.45) is 0 Å². The van der Waals surface area contributed by atoms with Crippen molar-refractivity contribution in [3.63, 3.8) is 0 Å². The second kappa shape index (κ2) is 15.7.